The van der Waals surface area contributed by atoms with Gasteiger partial charge in [-0.05, 0) is 36.7 Å². The van der Waals surface area contributed by atoms with Crippen LogP contribution >= 0.6 is 12.4 Å². The van der Waals surface area contributed by atoms with E-state index in [9.17, 15) is 18.0 Å². The Kier molecular flexibility index (Phi) is 6.26. The van der Waals surface area contributed by atoms with Gasteiger partial charge < -0.3 is 10.2 Å². The van der Waals surface area contributed by atoms with Gasteiger partial charge in [0.1, 0.15) is 0 Å². The fourth-order valence-corrected chi connectivity index (χ4v) is 2.41. The summed E-state index contributed by atoms with van der Waals surface area (Å²) in [6.07, 6.45) is -4.36. The van der Waals surface area contributed by atoms with E-state index in [2.05, 4.69) is 5.32 Å². The van der Waals surface area contributed by atoms with Gasteiger partial charge in [-0.2, -0.15) is 13.2 Å². The van der Waals surface area contributed by atoms with E-state index in [-0.39, 0.29) is 30.8 Å². The monoisotopic (exact) mass is 336 g/mol. The second-order valence-electron chi connectivity index (χ2n) is 5.60. The Morgan fingerprint density at radius 2 is 2.05 bits per heavy atom. The lowest BCUT2D eigenvalue weighted by Gasteiger charge is -2.34. The molecule has 1 amide bonds. The molecule has 1 fully saturated rings. The SMILES string of the molecule is CC(C(=O)N(C)Cc1cccc(C(F)(F)F)c1)C1CNC1.Cl. The zero-order chi connectivity index (χ0) is 15.6. The predicted molar refractivity (Wildman–Crippen MR) is 80.7 cm³/mol. The van der Waals surface area contributed by atoms with Gasteiger partial charge in [0.05, 0.1) is 5.56 Å². The standard InChI is InChI=1S/C15H19F3N2O.ClH/c1-10(12-7-19-8-12)14(21)20(2)9-11-4-3-5-13(6-11)15(16,17)18;/h3-6,10,12,19H,7-9H2,1-2H3;1H. The van der Waals surface area contributed by atoms with Crippen molar-refractivity contribution in [3.63, 3.8) is 0 Å². The third kappa shape index (κ3) is 4.36. The minimum Gasteiger partial charge on any atom is -0.341 e. The molecule has 1 saturated heterocycles. The maximum Gasteiger partial charge on any atom is 0.416 e. The molecular formula is C15H20ClF3N2O. The van der Waals surface area contributed by atoms with Crippen molar-refractivity contribution in [2.45, 2.75) is 19.6 Å². The van der Waals surface area contributed by atoms with Gasteiger partial charge in [0, 0.05) is 19.5 Å². The maximum absolute atomic E-state index is 12.7. The molecule has 1 atom stereocenters. The number of alkyl halides is 3. The second kappa shape index (κ2) is 7.33. The molecule has 1 aromatic rings. The van der Waals surface area contributed by atoms with Crippen LogP contribution in [0.15, 0.2) is 24.3 Å². The molecule has 0 bridgehead atoms. The molecule has 1 unspecified atom stereocenters. The van der Waals surface area contributed by atoms with Crippen molar-refractivity contribution < 1.29 is 18.0 Å². The van der Waals surface area contributed by atoms with E-state index in [0.29, 0.717) is 11.5 Å². The largest absolute Gasteiger partial charge is 0.416 e. The van der Waals surface area contributed by atoms with Crippen molar-refractivity contribution >= 4 is 18.3 Å². The van der Waals surface area contributed by atoms with Crippen molar-refractivity contribution in [3.8, 4) is 0 Å². The Balaban J connectivity index is 0.00000242. The number of carbonyl (C=O) groups is 1. The summed E-state index contributed by atoms with van der Waals surface area (Å²) in [4.78, 5) is 13.7. The first-order chi connectivity index (χ1) is 9.79. The van der Waals surface area contributed by atoms with Crippen molar-refractivity contribution in [2.75, 3.05) is 20.1 Å². The Morgan fingerprint density at radius 3 is 2.55 bits per heavy atom. The molecule has 0 spiro atoms. The first-order valence-electron chi connectivity index (χ1n) is 6.91. The number of benzene rings is 1. The van der Waals surface area contributed by atoms with Crippen LogP contribution in [0.1, 0.15) is 18.1 Å². The summed E-state index contributed by atoms with van der Waals surface area (Å²) in [5, 5.41) is 3.11. The zero-order valence-corrected chi connectivity index (χ0v) is 13.3. The van der Waals surface area contributed by atoms with Gasteiger partial charge in [-0.15, -0.1) is 12.4 Å². The molecule has 124 valence electrons. The van der Waals surface area contributed by atoms with Crippen LogP contribution in [0.25, 0.3) is 0 Å². The highest BCUT2D eigenvalue weighted by Gasteiger charge is 2.32. The van der Waals surface area contributed by atoms with E-state index in [1.165, 1.54) is 11.0 Å². The number of carbonyl (C=O) groups excluding carboxylic acids is 1. The Bertz CT molecular complexity index is 518. The highest BCUT2D eigenvalue weighted by atomic mass is 35.5. The summed E-state index contributed by atoms with van der Waals surface area (Å²) in [6, 6.07) is 5.11. The fourth-order valence-electron chi connectivity index (χ4n) is 2.41. The summed E-state index contributed by atoms with van der Waals surface area (Å²) in [5.74, 6) is 0.183. The minimum atomic E-state index is -4.36. The van der Waals surface area contributed by atoms with Gasteiger partial charge in [-0.25, -0.2) is 0 Å². The first kappa shape index (κ1) is 18.8. The molecule has 3 nitrogen and oxygen atoms in total. The van der Waals surface area contributed by atoms with E-state index in [1.807, 2.05) is 6.92 Å². The first-order valence-corrected chi connectivity index (χ1v) is 6.91. The summed E-state index contributed by atoms with van der Waals surface area (Å²) >= 11 is 0. The van der Waals surface area contributed by atoms with E-state index >= 15 is 0 Å². The number of nitrogens with zero attached hydrogens (tertiary/aromatic N) is 1. The number of hydrogen-bond donors (Lipinski definition) is 1. The quantitative estimate of drug-likeness (QED) is 0.917. The molecule has 0 aliphatic carbocycles. The third-order valence-electron chi connectivity index (χ3n) is 3.96. The summed E-state index contributed by atoms with van der Waals surface area (Å²) in [7, 11) is 1.63. The highest BCUT2D eigenvalue weighted by Crippen LogP contribution is 2.29. The van der Waals surface area contributed by atoms with E-state index in [4.69, 9.17) is 0 Å². The smallest absolute Gasteiger partial charge is 0.341 e. The van der Waals surface area contributed by atoms with Crippen LogP contribution in [0.2, 0.25) is 0 Å². The van der Waals surface area contributed by atoms with Crippen LogP contribution < -0.4 is 5.32 Å². The molecule has 0 aromatic heterocycles. The topological polar surface area (TPSA) is 32.3 Å². The summed E-state index contributed by atoms with van der Waals surface area (Å²) in [6.45, 7) is 3.71. The molecular weight excluding hydrogens is 317 g/mol. The molecule has 1 aliphatic rings. The van der Waals surface area contributed by atoms with Crippen LogP contribution in [0, 0.1) is 11.8 Å². The van der Waals surface area contributed by atoms with Gasteiger partial charge in [-0.3, -0.25) is 4.79 Å². The number of halogens is 4. The molecule has 0 saturated carbocycles. The average Bonchev–Trinajstić information content (AvgIpc) is 2.35. The van der Waals surface area contributed by atoms with Crippen LogP contribution in [0.4, 0.5) is 13.2 Å². The maximum atomic E-state index is 12.7. The van der Waals surface area contributed by atoms with Crippen molar-refractivity contribution in [2.24, 2.45) is 11.8 Å². The molecule has 1 aromatic carbocycles. The van der Waals surface area contributed by atoms with Gasteiger partial charge in [-0.1, -0.05) is 19.1 Å². The Hall–Kier alpha value is -1.27. The molecule has 1 N–H and O–H groups in total. The Morgan fingerprint density at radius 1 is 1.41 bits per heavy atom. The summed E-state index contributed by atoms with van der Waals surface area (Å²) in [5.41, 5.74) is -0.198. The highest BCUT2D eigenvalue weighted by molar-refractivity contribution is 5.85. The third-order valence-corrected chi connectivity index (χ3v) is 3.96. The molecule has 1 heterocycles. The van der Waals surface area contributed by atoms with E-state index in [1.54, 1.807) is 13.1 Å². The number of amides is 1. The molecule has 0 radical (unpaired) electrons. The average molecular weight is 337 g/mol. The van der Waals surface area contributed by atoms with Crippen LogP contribution in [-0.4, -0.2) is 30.9 Å². The molecule has 7 heteroatoms. The van der Waals surface area contributed by atoms with E-state index < -0.39 is 11.7 Å². The molecule has 2 rings (SSSR count). The van der Waals surface area contributed by atoms with Crippen LogP contribution in [-0.2, 0) is 17.5 Å². The van der Waals surface area contributed by atoms with Crippen LogP contribution in [0.5, 0.6) is 0 Å². The normalized spacial score (nSPS) is 16.4. The van der Waals surface area contributed by atoms with E-state index in [0.717, 1.165) is 25.2 Å². The van der Waals surface area contributed by atoms with Gasteiger partial charge >= 0.3 is 6.18 Å². The second-order valence-corrected chi connectivity index (χ2v) is 5.60. The van der Waals surface area contributed by atoms with Gasteiger partial charge in [0.2, 0.25) is 5.91 Å². The number of hydrogen-bond acceptors (Lipinski definition) is 2. The zero-order valence-electron chi connectivity index (χ0n) is 12.5. The summed E-state index contributed by atoms with van der Waals surface area (Å²) < 4.78 is 38.0. The van der Waals surface area contributed by atoms with Crippen molar-refractivity contribution in [3.05, 3.63) is 35.4 Å². The predicted octanol–water partition coefficient (Wildman–Crippen LogP) is 2.94. The minimum absolute atomic E-state index is 0. The Labute approximate surface area is 134 Å². The lowest BCUT2D eigenvalue weighted by Crippen LogP contribution is -2.49. The number of rotatable bonds is 4. The van der Waals surface area contributed by atoms with Crippen LogP contribution in [0.3, 0.4) is 0 Å². The fraction of sp³-hybridized carbons (Fsp3) is 0.533. The van der Waals surface area contributed by atoms with Gasteiger partial charge in [0.25, 0.3) is 0 Å². The molecule has 1 aliphatic heterocycles. The van der Waals surface area contributed by atoms with Crippen molar-refractivity contribution in [1.82, 2.24) is 10.2 Å². The lowest BCUT2D eigenvalue weighted by atomic mass is 9.88. The van der Waals surface area contributed by atoms with Crippen molar-refractivity contribution in [1.29, 1.82) is 0 Å². The lowest BCUT2D eigenvalue weighted by molar-refractivity contribution is -0.137. The number of nitrogens with one attached hydrogen (secondary N) is 1. The molecule has 22 heavy (non-hydrogen) atoms. The van der Waals surface area contributed by atoms with Gasteiger partial charge in [0.15, 0.2) is 0 Å².